The zero-order chi connectivity index (χ0) is 18.9. The van der Waals surface area contributed by atoms with E-state index in [4.69, 9.17) is 5.73 Å². The van der Waals surface area contributed by atoms with Crippen LogP contribution in [0.15, 0.2) is 30.3 Å². The Balaban J connectivity index is 1.70. The minimum absolute atomic E-state index is 0.0982. The van der Waals surface area contributed by atoms with Crippen LogP contribution in [0.1, 0.15) is 21.7 Å². The summed E-state index contributed by atoms with van der Waals surface area (Å²) < 4.78 is 38.8. The molecule has 0 atom stereocenters. The van der Waals surface area contributed by atoms with Gasteiger partial charge in [-0.05, 0) is 37.3 Å². The molecule has 1 saturated heterocycles. The normalized spacial score (nSPS) is 15.2. The Hall–Kier alpha value is -2.84. The van der Waals surface area contributed by atoms with E-state index in [-0.39, 0.29) is 11.6 Å². The van der Waals surface area contributed by atoms with Gasteiger partial charge >= 0.3 is 6.18 Å². The molecule has 1 aliphatic heterocycles. The number of primary amides is 1. The van der Waals surface area contributed by atoms with Crippen molar-refractivity contribution in [1.82, 2.24) is 9.97 Å². The van der Waals surface area contributed by atoms with Crippen LogP contribution in [0.5, 0.6) is 0 Å². The molecular formula is C17H18F3N5O. The first kappa shape index (κ1) is 18.0. The van der Waals surface area contributed by atoms with Crippen LogP contribution in [0.25, 0.3) is 0 Å². The summed E-state index contributed by atoms with van der Waals surface area (Å²) in [7, 11) is 0. The topological polar surface area (TPSA) is 75.3 Å². The number of carbonyl (C=O) groups is 1. The summed E-state index contributed by atoms with van der Waals surface area (Å²) in [5, 5.41) is 0. The molecular weight excluding hydrogens is 347 g/mol. The Kier molecular flexibility index (Phi) is 4.71. The van der Waals surface area contributed by atoms with E-state index in [0.29, 0.717) is 31.7 Å². The number of rotatable bonds is 3. The van der Waals surface area contributed by atoms with Crippen molar-refractivity contribution in [2.24, 2.45) is 5.73 Å². The average molecular weight is 365 g/mol. The number of aromatic nitrogens is 2. The molecule has 138 valence electrons. The second-order valence-electron chi connectivity index (χ2n) is 6.08. The molecule has 2 N–H and O–H groups in total. The van der Waals surface area contributed by atoms with Crippen LogP contribution in [0.4, 0.5) is 24.8 Å². The van der Waals surface area contributed by atoms with Gasteiger partial charge in [-0.3, -0.25) is 4.79 Å². The van der Waals surface area contributed by atoms with Gasteiger partial charge in [0, 0.05) is 43.1 Å². The van der Waals surface area contributed by atoms with E-state index in [0.717, 1.165) is 11.8 Å². The van der Waals surface area contributed by atoms with Gasteiger partial charge in [0.25, 0.3) is 0 Å². The third kappa shape index (κ3) is 3.87. The van der Waals surface area contributed by atoms with E-state index in [1.54, 1.807) is 29.2 Å². The van der Waals surface area contributed by atoms with E-state index >= 15 is 0 Å². The zero-order valence-electron chi connectivity index (χ0n) is 14.1. The highest BCUT2D eigenvalue weighted by molar-refractivity contribution is 5.93. The van der Waals surface area contributed by atoms with Crippen LogP contribution in [-0.2, 0) is 6.18 Å². The van der Waals surface area contributed by atoms with E-state index in [2.05, 4.69) is 14.9 Å². The smallest absolute Gasteiger partial charge is 0.368 e. The van der Waals surface area contributed by atoms with E-state index in [9.17, 15) is 18.0 Å². The fraction of sp³-hybridized carbons (Fsp3) is 0.353. The number of alkyl halides is 3. The fourth-order valence-electron chi connectivity index (χ4n) is 2.84. The zero-order valence-corrected chi connectivity index (χ0v) is 14.1. The van der Waals surface area contributed by atoms with Crippen LogP contribution in [0, 0.1) is 6.92 Å². The molecule has 1 aliphatic rings. The predicted octanol–water partition coefficient (Wildman–Crippen LogP) is 2.23. The van der Waals surface area contributed by atoms with Crippen LogP contribution in [0.3, 0.4) is 0 Å². The van der Waals surface area contributed by atoms with Gasteiger partial charge in [0.15, 0.2) is 0 Å². The second kappa shape index (κ2) is 6.81. The maximum absolute atomic E-state index is 12.9. The Morgan fingerprint density at radius 1 is 1.04 bits per heavy atom. The first-order valence-electron chi connectivity index (χ1n) is 8.07. The van der Waals surface area contributed by atoms with Gasteiger partial charge in [-0.1, -0.05) is 0 Å². The molecule has 0 aliphatic carbocycles. The lowest BCUT2D eigenvalue weighted by molar-refractivity contribution is -0.141. The summed E-state index contributed by atoms with van der Waals surface area (Å²) in [6.07, 6.45) is -4.49. The lowest BCUT2D eigenvalue weighted by Crippen LogP contribution is -2.47. The van der Waals surface area contributed by atoms with E-state index in [1.165, 1.54) is 6.92 Å². The number of nitrogens with two attached hydrogens (primary N) is 1. The van der Waals surface area contributed by atoms with Gasteiger partial charge < -0.3 is 15.5 Å². The molecule has 0 unspecified atom stereocenters. The summed E-state index contributed by atoms with van der Waals surface area (Å²) in [4.78, 5) is 22.8. The van der Waals surface area contributed by atoms with Crippen LogP contribution in [-0.4, -0.2) is 42.1 Å². The number of aryl methyl sites for hydroxylation is 1. The maximum atomic E-state index is 12.9. The summed E-state index contributed by atoms with van der Waals surface area (Å²) in [6.45, 7) is 3.73. The van der Waals surface area contributed by atoms with Crippen LogP contribution < -0.4 is 15.5 Å². The molecule has 26 heavy (non-hydrogen) atoms. The molecule has 2 heterocycles. The second-order valence-corrected chi connectivity index (χ2v) is 6.08. The Bertz CT molecular complexity index is 799. The molecule has 1 aromatic carbocycles. The van der Waals surface area contributed by atoms with Crippen LogP contribution in [0.2, 0.25) is 0 Å². The molecule has 1 aromatic heterocycles. The van der Waals surface area contributed by atoms with Crippen molar-refractivity contribution >= 4 is 17.5 Å². The van der Waals surface area contributed by atoms with Crippen molar-refractivity contribution in [3.63, 3.8) is 0 Å². The van der Waals surface area contributed by atoms with Crippen molar-refractivity contribution in [2.75, 3.05) is 36.0 Å². The number of hydrogen-bond donors (Lipinski definition) is 1. The summed E-state index contributed by atoms with van der Waals surface area (Å²) in [5.74, 6) is -0.389. The van der Waals surface area contributed by atoms with Crippen LogP contribution >= 0.6 is 0 Å². The highest BCUT2D eigenvalue weighted by Gasteiger charge is 2.34. The molecule has 2 aromatic rings. The highest BCUT2D eigenvalue weighted by Crippen LogP contribution is 2.29. The molecule has 1 amide bonds. The van der Waals surface area contributed by atoms with Crippen molar-refractivity contribution in [3.05, 3.63) is 47.3 Å². The van der Waals surface area contributed by atoms with Gasteiger partial charge in [0.05, 0.1) is 0 Å². The number of carbonyl (C=O) groups excluding carboxylic acids is 1. The fourth-order valence-corrected chi connectivity index (χ4v) is 2.84. The number of benzene rings is 1. The van der Waals surface area contributed by atoms with Gasteiger partial charge in [-0.2, -0.15) is 13.2 Å². The summed E-state index contributed by atoms with van der Waals surface area (Å²) >= 11 is 0. The lowest BCUT2D eigenvalue weighted by Gasteiger charge is -2.36. The first-order chi connectivity index (χ1) is 12.2. The Morgan fingerprint density at radius 2 is 1.62 bits per heavy atom. The molecule has 0 spiro atoms. The predicted molar refractivity (Wildman–Crippen MR) is 91.2 cm³/mol. The molecule has 9 heteroatoms. The SMILES string of the molecule is Cc1cc(C(F)(F)F)nc(N2CCN(c3ccc(C(N)=O)cc3)CC2)n1. The molecule has 0 radical (unpaired) electrons. The third-order valence-corrected chi connectivity index (χ3v) is 4.21. The third-order valence-electron chi connectivity index (χ3n) is 4.21. The monoisotopic (exact) mass is 365 g/mol. The first-order valence-corrected chi connectivity index (χ1v) is 8.07. The van der Waals surface area contributed by atoms with Crippen molar-refractivity contribution in [1.29, 1.82) is 0 Å². The van der Waals surface area contributed by atoms with E-state index in [1.807, 2.05) is 0 Å². The maximum Gasteiger partial charge on any atom is 0.433 e. The lowest BCUT2D eigenvalue weighted by atomic mass is 10.1. The van der Waals surface area contributed by atoms with Crippen molar-refractivity contribution in [2.45, 2.75) is 13.1 Å². The Labute approximate surface area is 148 Å². The van der Waals surface area contributed by atoms with Gasteiger partial charge in [0.1, 0.15) is 5.69 Å². The van der Waals surface area contributed by atoms with Gasteiger partial charge in [-0.25, -0.2) is 9.97 Å². The quantitative estimate of drug-likeness (QED) is 0.903. The van der Waals surface area contributed by atoms with Gasteiger partial charge in [-0.15, -0.1) is 0 Å². The standard InChI is InChI=1S/C17H18F3N5O/c1-11-10-14(17(18,19)20)23-16(22-11)25-8-6-24(7-9-25)13-4-2-12(3-5-13)15(21)26/h2-5,10H,6-9H2,1H3,(H2,21,26). The molecule has 6 nitrogen and oxygen atoms in total. The number of amides is 1. The largest absolute Gasteiger partial charge is 0.433 e. The molecule has 0 saturated carbocycles. The molecule has 0 bridgehead atoms. The number of halogens is 3. The van der Waals surface area contributed by atoms with Gasteiger partial charge in [0.2, 0.25) is 11.9 Å². The highest BCUT2D eigenvalue weighted by atomic mass is 19.4. The molecule has 1 fully saturated rings. The Morgan fingerprint density at radius 3 is 2.15 bits per heavy atom. The average Bonchev–Trinajstić information content (AvgIpc) is 2.61. The summed E-state index contributed by atoms with van der Waals surface area (Å²) in [5.41, 5.74) is 5.94. The summed E-state index contributed by atoms with van der Waals surface area (Å²) in [6, 6.07) is 7.87. The molecule has 3 rings (SSSR count). The van der Waals surface area contributed by atoms with Crippen molar-refractivity contribution < 1.29 is 18.0 Å². The number of piperazine rings is 1. The number of nitrogens with zero attached hydrogens (tertiary/aromatic N) is 4. The van der Waals surface area contributed by atoms with Crippen molar-refractivity contribution in [3.8, 4) is 0 Å². The number of anilines is 2. The minimum atomic E-state index is -4.49. The minimum Gasteiger partial charge on any atom is -0.368 e. The number of hydrogen-bond acceptors (Lipinski definition) is 5. The van der Waals surface area contributed by atoms with E-state index < -0.39 is 17.8 Å².